The predicted molar refractivity (Wildman–Crippen MR) is 121 cm³/mol. The van der Waals surface area contributed by atoms with Gasteiger partial charge in [0, 0.05) is 60.4 Å². The van der Waals surface area contributed by atoms with E-state index >= 15 is 0 Å². The highest BCUT2D eigenvalue weighted by Gasteiger charge is 2.27. The summed E-state index contributed by atoms with van der Waals surface area (Å²) in [6, 6.07) is 16.5. The molecule has 3 heterocycles. The average molecular weight is 399 g/mol. The summed E-state index contributed by atoms with van der Waals surface area (Å²) >= 11 is 0. The van der Waals surface area contributed by atoms with E-state index in [2.05, 4.69) is 47.7 Å². The van der Waals surface area contributed by atoms with Gasteiger partial charge in [-0.25, -0.2) is 0 Å². The first kappa shape index (κ1) is 18.7. The zero-order valence-corrected chi connectivity index (χ0v) is 17.3. The van der Waals surface area contributed by atoms with Crippen molar-refractivity contribution >= 4 is 16.5 Å². The lowest BCUT2D eigenvalue weighted by Gasteiger charge is -2.33. The first-order valence-electron chi connectivity index (χ1n) is 10.3. The largest absolute Gasteiger partial charge is 0.494 e. The molecular weight excluding hydrogens is 372 g/mol. The van der Waals surface area contributed by atoms with E-state index in [-0.39, 0.29) is 11.3 Å². The van der Waals surface area contributed by atoms with Gasteiger partial charge in [0.1, 0.15) is 0 Å². The number of anilines is 1. The standard InChI is InChI=1S/C25H26N4O/c1-25(2)16-27-14-19-12-20(6-7-21(19)25)29-15-18-4-3-5-22(23(18)24(29)30)28-13-17-8-10-26-11-9-17/h3-12,15,27-28,30H,13-14,16H2,1-2H3. The van der Waals surface area contributed by atoms with Crippen LogP contribution >= 0.6 is 0 Å². The van der Waals surface area contributed by atoms with Gasteiger partial charge in [-0.15, -0.1) is 0 Å². The maximum absolute atomic E-state index is 11.1. The Labute approximate surface area is 176 Å². The van der Waals surface area contributed by atoms with Gasteiger partial charge in [0.25, 0.3) is 0 Å². The summed E-state index contributed by atoms with van der Waals surface area (Å²) in [6.07, 6.45) is 5.58. The maximum atomic E-state index is 11.1. The number of aromatic hydroxyl groups is 1. The van der Waals surface area contributed by atoms with Gasteiger partial charge in [0.15, 0.2) is 0 Å². The Morgan fingerprint density at radius 1 is 1.13 bits per heavy atom. The Morgan fingerprint density at radius 2 is 1.97 bits per heavy atom. The minimum absolute atomic E-state index is 0.111. The fourth-order valence-electron chi connectivity index (χ4n) is 4.43. The quantitative estimate of drug-likeness (QED) is 0.465. The summed E-state index contributed by atoms with van der Waals surface area (Å²) in [5, 5.41) is 19.9. The van der Waals surface area contributed by atoms with Gasteiger partial charge < -0.3 is 15.7 Å². The number of nitrogens with one attached hydrogen (secondary N) is 2. The Balaban J connectivity index is 1.53. The van der Waals surface area contributed by atoms with Gasteiger partial charge >= 0.3 is 0 Å². The summed E-state index contributed by atoms with van der Waals surface area (Å²) in [4.78, 5) is 4.07. The molecule has 2 aromatic heterocycles. The van der Waals surface area contributed by atoms with E-state index in [9.17, 15) is 5.11 Å². The van der Waals surface area contributed by atoms with Crippen LogP contribution in [0.2, 0.25) is 0 Å². The van der Waals surface area contributed by atoms with E-state index in [4.69, 9.17) is 0 Å². The summed E-state index contributed by atoms with van der Waals surface area (Å²) in [6.45, 7) is 7.03. The van der Waals surface area contributed by atoms with Crippen molar-refractivity contribution in [3.8, 4) is 11.6 Å². The number of rotatable bonds is 4. The van der Waals surface area contributed by atoms with Crippen molar-refractivity contribution in [2.75, 3.05) is 11.9 Å². The highest BCUT2D eigenvalue weighted by molar-refractivity contribution is 5.99. The minimum atomic E-state index is 0.111. The second-order valence-electron chi connectivity index (χ2n) is 8.63. The summed E-state index contributed by atoms with van der Waals surface area (Å²) < 4.78 is 1.88. The van der Waals surface area contributed by atoms with E-state index in [1.54, 1.807) is 12.4 Å². The lowest BCUT2D eigenvalue weighted by Crippen LogP contribution is -2.38. The van der Waals surface area contributed by atoms with E-state index in [1.807, 2.05) is 41.1 Å². The summed E-state index contributed by atoms with van der Waals surface area (Å²) in [5.74, 6) is 0.255. The monoisotopic (exact) mass is 398 g/mol. The first-order chi connectivity index (χ1) is 14.5. The number of nitrogens with zero attached hydrogens (tertiary/aromatic N) is 2. The molecule has 0 amide bonds. The molecule has 5 nitrogen and oxygen atoms in total. The molecule has 0 radical (unpaired) electrons. The minimum Gasteiger partial charge on any atom is -0.494 e. The Morgan fingerprint density at radius 3 is 2.80 bits per heavy atom. The molecule has 30 heavy (non-hydrogen) atoms. The number of fused-ring (bicyclic) bond motifs is 2. The van der Waals surface area contributed by atoms with Crippen LogP contribution < -0.4 is 10.6 Å². The molecule has 0 saturated heterocycles. The average Bonchev–Trinajstić information content (AvgIpc) is 3.10. The van der Waals surface area contributed by atoms with Crippen LogP contribution in [0.15, 0.2) is 67.1 Å². The summed E-state index contributed by atoms with van der Waals surface area (Å²) in [7, 11) is 0. The Kier molecular flexibility index (Phi) is 4.48. The molecule has 1 aliphatic rings. The van der Waals surface area contributed by atoms with Crippen LogP contribution in [0.4, 0.5) is 5.69 Å². The Hall–Kier alpha value is -3.31. The molecule has 0 fully saturated rings. The van der Waals surface area contributed by atoms with Crippen molar-refractivity contribution in [3.05, 3.63) is 83.8 Å². The molecule has 5 heteroatoms. The molecule has 0 atom stereocenters. The van der Waals surface area contributed by atoms with Gasteiger partial charge in [-0.3, -0.25) is 9.55 Å². The third-order valence-electron chi connectivity index (χ3n) is 6.03. The van der Waals surface area contributed by atoms with Gasteiger partial charge in [-0.05, 0) is 47.0 Å². The van der Waals surface area contributed by atoms with Crippen LogP contribution in [0.1, 0.15) is 30.5 Å². The van der Waals surface area contributed by atoms with Crippen molar-refractivity contribution in [1.29, 1.82) is 0 Å². The van der Waals surface area contributed by atoms with Crippen molar-refractivity contribution in [1.82, 2.24) is 14.9 Å². The van der Waals surface area contributed by atoms with Crippen molar-refractivity contribution in [2.24, 2.45) is 0 Å². The topological polar surface area (TPSA) is 62.1 Å². The highest BCUT2D eigenvalue weighted by Crippen LogP contribution is 2.37. The van der Waals surface area contributed by atoms with Crippen molar-refractivity contribution < 1.29 is 5.11 Å². The van der Waals surface area contributed by atoms with E-state index < -0.39 is 0 Å². The van der Waals surface area contributed by atoms with Crippen LogP contribution in [0.5, 0.6) is 5.88 Å². The molecular formula is C25H26N4O. The fourth-order valence-corrected chi connectivity index (χ4v) is 4.43. The van der Waals surface area contributed by atoms with Gasteiger partial charge in [-0.1, -0.05) is 32.0 Å². The molecule has 0 aliphatic carbocycles. The van der Waals surface area contributed by atoms with E-state index in [0.717, 1.165) is 40.8 Å². The zero-order valence-electron chi connectivity index (χ0n) is 17.3. The highest BCUT2D eigenvalue weighted by atomic mass is 16.3. The molecule has 1 aliphatic heterocycles. The van der Waals surface area contributed by atoms with Crippen LogP contribution in [-0.4, -0.2) is 21.2 Å². The maximum Gasteiger partial charge on any atom is 0.205 e. The third-order valence-corrected chi connectivity index (χ3v) is 6.03. The number of aromatic nitrogens is 2. The summed E-state index contributed by atoms with van der Waals surface area (Å²) in [5.41, 5.74) is 5.81. The molecule has 5 rings (SSSR count). The molecule has 0 unspecified atom stereocenters. The van der Waals surface area contributed by atoms with Gasteiger partial charge in [0.2, 0.25) is 5.88 Å². The number of benzene rings is 2. The number of pyridine rings is 1. The number of hydrogen-bond donors (Lipinski definition) is 3. The molecule has 0 spiro atoms. The lowest BCUT2D eigenvalue weighted by molar-refractivity contribution is 0.434. The van der Waals surface area contributed by atoms with Crippen molar-refractivity contribution in [2.45, 2.75) is 32.4 Å². The normalized spacial score (nSPS) is 15.1. The lowest BCUT2D eigenvalue weighted by atomic mass is 9.79. The van der Waals surface area contributed by atoms with Crippen molar-refractivity contribution in [3.63, 3.8) is 0 Å². The molecule has 0 saturated carbocycles. The SMILES string of the molecule is CC1(C)CNCc2cc(-n3cc4cccc(NCc5ccncc5)c4c3O)ccc21. The zero-order chi connectivity index (χ0) is 20.7. The fraction of sp³-hybridized carbons (Fsp3) is 0.240. The van der Waals surface area contributed by atoms with Crippen LogP contribution in [0.3, 0.4) is 0 Å². The molecule has 3 N–H and O–H groups in total. The first-order valence-corrected chi connectivity index (χ1v) is 10.3. The van der Waals surface area contributed by atoms with Crippen LogP contribution in [0.25, 0.3) is 16.5 Å². The third kappa shape index (κ3) is 3.21. The van der Waals surface area contributed by atoms with Crippen LogP contribution in [-0.2, 0) is 18.5 Å². The van der Waals surface area contributed by atoms with Crippen LogP contribution in [0, 0.1) is 0 Å². The Bertz CT molecular complexity index is 1210. The molecule has 4 aromatic rings. The number of hydrogen-bond acceptors (Lipinski definition) is 4. The second-order valence-corrected chi connectivity index (χ2v) is 8.63. The smallest absolute Gasteiger partial charge is 0.205 e. The predicted octanol–water partition coefficient (Wildman–Crippen LogP) is 4.72. The molecule has 2 aromatic carbocycles. The van der Waals surface area contributed by atoms with Gasteiger partial charge in [-0.2, -0.15) is 0 Å². The molecule has 152 valence electrons. The molecule has 0 bridgehead atoms. The second kappa shape index (κ2) is 7.18. The van der Waals surface area contributed by atoms with Gasteiger partial charge in [0.05, 0.1) is 5.39 Å². The van der Waals surface area contributed by atoms with E-state index in [0.29, 0.717) is 6.54 Å². The van der Waals surface area contributed by atoms with E-state index in [1.165, 1.54) is 11.1 Å².